The lowest BCUT2D eigenvalue weighted by Crippen LogP contribution is -2.20. The van der Waals surface area contributed by atoms with Crippen LogP contribution in [0.2, 0.25) is 5.02 Å². The van der Waals surface area contributed by atoms with Crippen molar-refractivity contribution in [1.82, 2.24) is 0 Å². The minimum atomic E-state index is -0.734. The quantitative estimate of drug-likeness (QED) is 0.835. The van der Waals surface area contributed by atoms with Crippen LogP contribution in [0.25, 0.3) is 0 Å². The lowest BCUT2D eigenvalue weighted by Gasteiger charge is -2.24. The molecule has 0 saturated heterocycles. The van der Waals surface area contributed by atoms with Crippen LogP contribution in [-0.4, -0.2) is 11.7 Å². The van der Waals surface area contributed by atoms with Gasteiger partial charge in [-0.1, -0.05) is 41.9 Å². The predicted octanol–water partition coefficient (Wildman–Crippen LogP) is 4.50. The van der Waals surface area contributed by atoms with Crippen LogP contribution in [0, 0.1) is 13.8 Å². The van der Waals surface area contributed by atoms with Crippen LogP contribution in [0.5, 0.6) is 0 Å². The van der Waals surface area contributed by atoms with Crippen molar-refractivity contribution in [2.75, 3.05) is 6.54 Å². The van der Waals surface area contributed by atoms with Gasteiger partial charge in [-0.15, -0.1) is 0 Å². The molecular weight excluding hydrogens is 350 g/mol. The van der Waals surface area contributed by atoms with Gasteiger partial charge in [0, 0.05) is 22.5 Å². The van der Waals surface area contributed by atoms with Crippen LogP contribution in [0.1, 0.15) is 34.3 Å². The molecule has 4 heteroatoms. The highest BCUT2D eigenvalue weighted by molar-refractivity contribution is 9.10. The third-order valence-electron chi connectivity index (χ3n) is 3.89. The maximum atomic E-state index is 10.7. The minimum absolute atomic E-state index is 0.184. The summed E-state index contributed by atoms with van der Waals surface area (Å²) in [5, 5.41) is 11.2. The first kappa shape index (κ1) is 16.5. The molecule has 0 bridgehead atoms. The Morgan fingerprint density at radius 1 is 1.19 bits per heavy atom. The van der Waals surface area contributed by atoms with Gasteiger partial charge in [0.1, 0.15) is 0 Å². The molecule has 2 unspecified atom stereocenters. The Hall–Kier alpha value is -0.870. The Morgan fingerprint density at radius 2 is 1.90 bits per heavy atom. The van der Waals surface area contributed by atoms with Gasteiger partial charge in [0.15, 0.2) is 0 Å². The molecule has 0 spiro atoms. The van der Waals surface area contributed by atoms with Gasteiger partial charge in [-0.25, -0.2) is 0 Å². The van der Waals surface area contributed by atoms with E-state index in [4.69, 9.17) is 17.3 Å². The molecule has 2 aromatic carbocycles. The molecule has 3 N–H and O–H groups in total. The number of nitrogens with two attached hydrogens (primary N) is 1. The highest BCUT2D eigenvalue weighted by Crippen LogP contribution is 2.37. The van der Waals surface area contributed by atoms with Crippen LogP contribution in [0.3, 0.4) is 0 Å². The smallest absolute Gasteiger partial charge is 0.0885 e. The Morgan fingerprint density at radius 3 is 2.52 bits per heavy atom. The number of halogens is 2. The Kier molecular flexibility index (Phi) is 5.44. The largest absolute Gasteiger partial charge is 0.388 e. The van der Waals surface area contributed by atoms with E-state index in [1.54, 1.807) is 0 Å². The van der Waals surface area contributed by atoms with E-state index in [9.17, 15) is 5.11 Å². The van der Waals surface area contributed by atoms with Crippen molar-refractivity contribution < 1.29 is 5.11 Å². The van der Waals surface area contributed by atoms with Gasteiger partial charge in [-0.05, 0) is 52.5 Å². The van der Waals surface area contributed by atoms with E-state index < -0.39 is 6.10 Å². The van der Waals surface area contributed by atoms with Gasteiger partial charge in [-0.2, -0.15) is 0 Å². The monoisotopic (exact) mass is 367 g/mol. The lowest BCUT2D eigenvalue weighted by molar-refractivity contribution is 0.147. The molecule has 2 nitrogen and oxygen atoms in total. The zero-order chi connectivity index (χ0) is 15.6. The summed E-state index contributed by atoms with van der Waals surface area (Å²) in [4.78, 5) is 0. The molecule has 112 valence electrons. The lowest BCUT2D eigenvalue weighted by atomic mass is 9.88. The summed E-state index contributed by atoms with van der Waals surface area (Å²) in [5.74, 6) is -0.184. The number of hydrogen-bond acceptors (Lipinski definition) is 2. The first-order chi connectivity index (χ1) is 9.95. The maximum Gasteiger partial charge on any atom is 0.0885 e. The number of hydrogen-bond donors (Lipinski definition) is 2. The van der Waals surface area contributed by atoms with Crippen molar-refractivity contribution in [2.24, 2.45) is 5.73 Å². The molecule has 0 amide bonds. The normalized spacial score (nSPS) is 14.0. The van der Waals surface area contributed by atoms with Crippen molar-refractivity contribution in [2.45, 2.75) is 25.9 Å². The maximum absolute atomic E-state index is 10.7. The molecule has 0 radical (unpaired) electrons. The fourth-order valence-corrected chi connectivity index (χ4v) is 3.03. The molecule has 0 aliphatic carbocycles. The molecule has 0 fully saturated rings. The number of aliphatic hydroxyl groups is 1. The first-order valence-electron chi connectivity index (χ1n) is 6.85. The summed E-state index contributed by atoms with van der Waals surface area (Å²) in [6, 6.07) is 11.7. The number of aryl methyl sites for hydroxylation is 2. The van der Waals surface area contributed by atoms with E-state index in [2.05, 4.69) is 41.9 Å². The predicted molar refractivity (Wildman–Crippen MR) is 91.8 cm³/mol. The summed E-state index contributed by atoms with van der Waals surface area (Å²) in [5.41, 5.74) is 10.0. The second-order valence-corrected chi connectivity index (χ2v) is 6.51. The number of benzene rings is 2. The topological polar surface area (TPSA) is 46.2 Å². The number of rotatable bonds is 4. The molecule has 0 aliphatic rings. The average Bonchev–Trinajstić information content (AvgIpc) is 2.46. The molecule has 21 heavy (non-hydrogen) atoms. The molecule has 2 atom stereocenters. The molecule has 2 aromatic rings. The molecular formula is C17H19BrClNO. The van der Waals surface area contributed by atoms with Crippen molar-refractivity contribution in [3.63, 3.8) is 0 Å². The molecule has 0 aromatic heterocycles. The van der Waals surface area contributed by atoms with Crippen molar-refractivity contribution in [3.05, 3.63) is 68.1 Å². The van der Waals surface area contributed by atoms with Gasteiger partial charge in [-0.3, -0.25) is 0 Å². The SMILES string of the molecule is Cc1ccc(C(CN)C(O)c2cccc(Br)c2Cl)cc1C. The second-order valence-electron chi connectivity index (χ2n) is 5.27. The van der Waals surface area contributed by atoms with Gasteiger partial charge >= 0.3 is 0 Å². The van der Waals surface area contributed by atoms with Gasteiger partial charge in [0.25, 0.3) is 0 Å². The highest BCUT2D eigenvalue weighted by atomic mass is 79.9. The summed E-state index contributed by atoms with van der Waals surface area (Å²) in [7, 11) is 0. The first-order valence-corrected chi connectivity index (χ1v) is 8.02. The Labute approximate surface area is 139 Å². The van der Waals surface area contributed by atoms with E-state index in [-0.39, 0.29) is 5.92 Å². The third-order valence-corrected chi connectivity index (χ3v) is 5.21. The highest BCUT2D eigenvalue weighted by Gasteiger charge is 2.24. The van der Waals surface area contributed by atoms with Gasteiger partial charge in [0.05, 0.1) is 11.1 Å². The van der Waals surface area contributed by atoms with Crippen LogP contribution < -0.4 is 5.73 Å². The van der Waals surface area contributed by atoms with Crippen molar-refractivity contribution in [3.8, 4) is 0 Å². The summed E-state index contributed by atoms with van der Waals surface area (Å²) >= 11 is 9.67. The zero-order valence-electron chi connectivity index (χ0n) is 12.1. The fourth-order valence-electron chi connectivity index (χ4n) is 2.41. The van der Waals surface area contributed by atoms with Gasteiger partial charge < -0.3 is 10.8 Å². The molecule has 0 saturated carbocycles. The standard InChI is InChI=1S/C17H19BrClNO/c1-10-6-7-12(8-11(10)2)14(9-20)17(21)13-4-3-5-15(18)16(13)19/h3-8,14,17,21H,9,20H2,1-2H3. The third kappa shape index (κ3) is 3.49. The van der Waals surface area contributed by atoms with E-state index in [1.807, 2.05) is 24.3 Å². The summed E-state index contributed by atoms with van der Waals surface area (Å²) in [6.45, 7) is 4.48. The van der Waals surface area contributed by atoms with Crippen LogP contribution in [-0.2, 0) is 0 Å². The van der Waals surface area contributed by atoms with E-state index in [0.29, 0.717) is 17.1 Å². The summed E-state index contributed by atoms with van der Waals surface area (Å²) in [6.07, 6.45) is -0.734. The minimum Gasteiger partial charge on any atom is -0.388 e. The molecule has 0 heterocycles. The average molecular weight is 369 g/mol. The van der Waals surface area contributed by atoms with Crippen LogP contribution >= 0.6 is 27.5 Å². The molecule has 0 aliphatic heterocycles. The number of aliphatic hydroxyl groups excluding tert-OH is 1. The van der Waals surface area contributed by atoms with E-state index in [0.717, 1.165) is 10.0 Å². The van der Waals surface area contributed by atoms with Crippen LogP contribution in [0.15, 0.2) is 40.9 Å². The Balaban J connectivity index is 2.40. The summed E-state index contributed by atoms with van der Waals surface area (Å²) < 4.78 is 0.775. The Bertz CT molecular complexity index is 645. The zero-order valence-corrected chi connectivity index (χ0v) is 14.4. The van der Waals surface area contributed by atoms with Crippen LogP contribution in [0.4, 0.5) is 0 Å². The van der Waals surface area contributed by atoms with Gasteiger partial charge in [0.2, 0.25) is 0 Å². The van der Waals surface area contributed by atoms with Crippen molar-refractivity contribution >= 4 is 27.5 Å². The van der Waals surface area contributed by atoms with E-state index in [1.165, 1.54) is 11.1 Å². The molecule has 2 rings (SSSR count). The fraction of sp³-hybridized carbons (Fsp3) is 0.294. The van der Waals surface area contributed by atoms with Crippen molar-refractivity contribution in [1.29, 1.82) is 0 Å². The van der Waals surface area contributed by atoms with E-state index >= 15 is 0 Å². The second kappa shape index (κ2) is 6.93.